The largest absolute Gasteiger partial charge is 0.391 e. The molecular formula is C11H11N3O3. The molecule has 1 aromatic heterocycles. The zero-order valence-electron chi connectivity index (χ0n) is 9.20. The number of aliphatic hydroxyl groups excluding tert-OH is 1. The summed E-state index contributed by atoms with van der Waals surface area (Å²) in [6.07, 6.45) is 1.76. The SMILES string of the molecule is Cc1ccn(-c2ccc([N+](=O)[O-])c(CO)c2)n1. The fourth-order valence-corrected chi connectivity index (χ4v) is 1.58. The molecule has 1 heterocycles. The van der Waals surface area contributed by atoms with Gasteiger partial charge in [-0.1, -0.05) is 0 Å². The zero-order chi connectivity index (χ0) is 12.4. The lowest BCUT2D eigenvalue weighted by molar-refractivity contribution is -0.385. The number of nitrogens with zero attached hydrogens (tertiary/aromatic N) is 3. The zero-order valence-corrected chi connectivity index (χ0v) is 9.20. The molecule has 2 aromatic rings. The van der Waals surface area contributed by atoms with Crippen molar-refractivity contribution in [2.75, 3.05) is 0 Å². The Balaban J connectivity index is 2.48. The Labute approximate surface area is 97.3 Å². The Bertz CT molecular complexity index is 563. The molecule has 6 nitrogen and oxygen atoms in total. The normalized spacial score (nSPS) is 10.5. The minimum Gasteiger partial charge on any atom is -0.391 e. The molecule has 0 spiro atoms. The predicted molar refractivity (Wildman–Crippen MR) is 60.9 cm³/mol. The number of hydrogen-bond donors (Lipinski definition) is 1. The van der Waals surface area contributed by atoms with Gasteiger partial charge >= 0.3 is 0 Å². The van der Waals surface area contributed by atoms with E-state index < -0.39 is 4.92 Å². The van der Waals surface area contributed by atoms with E-state index in [-0.39, 0.29) is 17.9 Å². The first-order valence-corrected chi connectivity index (χ1v) is 5.02. The van der Waals surface area contributed by atoms with Crippen molar-refractivity contribution in [3.63, 3.8) is 0 Å². The van der Waals surface area contributed by atoms with E-state index in [9.17, 15) is 10.1 Å². The summed E-state index contributed by atoms with van der Waals surface area (Å²) >= 11 is 0. The van der Waals surface area contributed by atoms with Crippen molar-refractivity contribution in [2.24, 2.45) is 0 Å². The molecule has 0 aliphatic rings. The summed E-state index contributed by atoms with van der Waals surface area (Å²) < 4.78 is 1.61. The van der Waals surface area contributed by atoms with Gasteiger partial charge in [0, 0.05) is 12.3 Å². The lowest BCUT2D eigenvalue weighted by Crippen LogP contribution is -2.00. The number of nitro groups is 1. The van der Waals surface area contributed by atoms with Crippen LogP contribution in [0.1, 0.15) is 11.3 Å². The topological polar surface area (TPSA) is 81.2 Å². The molecule has 0 amide bonds. The van der Waals surface area contributed by atoms with Gasteiger partial charge in [0.25, 0.3) is 5.69 Å². The molecule has 1 N–H and O–H groups in total. The van der Waals surface area contributed by atoms with Gasteiger partial charge in [0.1, 0.15) is 0 Å². The number of benzene rings is 1. The second kappa shape index (κ2) is 4.34. The first kappa shape index (κ1) is 11.3. The maximum Gasteiger partial charge on any atom is 0.275 e. The van der Waals surface area contributed by atoms with Gasteiger partial charge in [-0.15, -0.1) is 0 Å². The summed E-state index contributed by atoms with van der Waals surface area (Å²) in [4.78, 5) is 10.2. The van der Waals surface area contributed by atoms with Crippen LogP contribution in [-0.4, -0.2) is 19.8 Å². The molecule has 0 aliphatic heterocycles. The average Bonchev–Trinajstić information content (AvgIpc) is 2.75. The Morgan fingerprint density at radius 3 is 2.76 bits per heavy atom. The summed E-state index contributed by atoms with van der Waals surface area (Å²) in [5.74, 6) is 0. The van der Waals surface area contributed by atoms with Crippen LogP contribution in [0.5, 0.6) is 0 Å². The number of aliphatic hydroxyl groups is 1. The van der Waals surface area contributed by atoms with Gasteiger partial charge in [-0.25, -0.2) is 4.68 Å². The summed E-state index contributed by atoms with van der Waals surface area (Å²) in [5.41, 5.74) is 1.74. The highest BCUT2D eigenvalue weighted by Gasteiger charge is 2.13. The highest BCUT2D eigenvalue weighted by Crippen LogP contribution is 2.21. The standard InChI is InChI=1S/C11H11N3O3/c1-8-4-5-13(12-8)10-2-3-11(14(16)17)9(6-10)7-15/h2-6,15H,7H2,1H3. The van der Waals surface area contributed by atoms with E-state index in [1.165, 1.54) is 6.07 Å². The second-order valence-electron chi connectivity index (χ2n) is 3.63. The fourth-order valence-electron chi connectivity index (χ4n) is 1.58. The van der Waals surface area contributed by atoms with Crippen molar-refractivity contribution in [3.05, 3.63) is 51.8 Å². The highest BCUT2D eigenvalue weighted by atomic mass is 16.6. The third-order valence-corrected chi connectivity index (χ3v) is 2.42. The second-order valence-corrected chi connectivity index (χ2v) is 3.63. The molecule has 0 aliphatic carbocycles. The summed E-state index contributed by atoms with van der Waals surface area (Å²) in [6.45, 7) is 1.49. The van der Waals surface area contributed by atoms with Crippen molar-refractivity contribution in [3.8, 4) is 5.69 Å². The van der Waals surface area contributed by atoms with Gasteiger partial charge in [0.15, 0.2) is 0 Å². The predicted octanol–water partition coefficient (Wildman–Crippen LogP) is 1.58. The molecule has 1 aromatic carbocycles. The van der Waals surface area contributed by atoms with Crippen LogP contribution in [0, 0.1) is 17.0 Å². The minimum atomic E-state index is -0.510. The third kappa shape index (κ3) is 2.16. The molecule has 0 unspecified atom stereocenters. The summed E-state index contributed by atoms with van der Waals surface area (Å²) in [5, 5.41) is 24.0. The van der Waals surface area contributed by atoms with Gasteiger partial charge in [-0.3, -0.25) is 10.1 Å². The van der Waals surface area contributed by atoms with E-state index in [1.54, 1.807) is 23.0 Å². The Hall–Kier alpha value is -2.21. The molecule has 0 radical (unpaired) electrons. The molecule has 0 atom stereocenters. The van der Waals surface area contributed by atoms with Crippen LogP contribution in [0.3, 0.4) is 0 Å². The summed E-state index contributed by atoms with van der Waals surface area (Å²) in [6, 6.07) is 6.37. The van der Waals surface area contributed by atoms with Crippen LogP contribution in [-0.2, 0) is 6.61 Å². The number of aryl methyl sites for hydroxylation is 1. The molecule has 0 saturated carbocycles. The van der Waals surface area contributed by atoms with Crippen LogP contribution in [0.15, 0.2) is 30.5 Å². The molecule has 6 heteroatoms. The first-order chi connectivity index (χ1) is 8.11. The molecule has 17 heavy (non-hydrogen) atoms. The maximum atomic E-state index is 10.7. The van der Waals surface area contributed by atoms with Crippen molar-refractivity contribution < 1.29 is 10.0 Å². The smallest absolute Gasteiger partial charge is 0.275 e. The van der Waals surface area contributed by atoms with E-state index in [1.807, 2.05) is 13.0 Å². The van der Waals surface area contributed by atoms with Gasteiger partial charge < -0.3 is 5.11 Å². The number of aromatic nitrogens is 2. The molecule has 2 rings (SSSR count). The molecule has 0 bridgehead atoms. The molecule has 0 fully saturated rings. The van der Waals surface area contributed by atoms with Crippen molar-refractivity contribution in [1.82, 2.24) is 9.78 Å². The van der Waals surface area contributed by atoms with E-state index >= 15 is 0 Å². The molecular weight excluding hydrogens is 222 g/mol. The third-order valence-electron chi connectivity index (χ3n) is 2.42. The Kier molecular flexibility index (Phi) is 2.88. The Morgan fingerprint density at radius 2 is 2.24 bits per heavy atom. The van der Waals surface area contributed by atoms with E-state index in [4.69, 9.17) is 5.11 Å². The lowest BCUT2D eigenvalue weighted by Gasteiger charge is -2.04. The average molecular weight is 233 g/mol. The minimum absolute atomic E-state index is 0.0832. The van der Waals surface area contributed by atoms with Crippen LogP contribution < -0.4 is 0 Å². The van der Waals surface area contributed by atoms with E-state index in [2.05, 4.69) is 5.10 Å². The number of nitro benzene ring substituents is 1. The van der Waals surface area contributed by atoms with E-state index in [0.717, 1.165) is 5.69 Å². The van der Waals surface area contributed by atoms with Crippen LogP contribution in [0.4, 0.5) is 5.69 Å². The van der Waals surface area contributed by atoms with Crippen LogP contribution in [0.2, 0.25) is 0 Å². The van der Waals surface area contributed by atoms with E-state index in [0.29, 0.717) is 5.69 Å². The van der Waals surface area contributed by atoms with Crippen LogP contribution >= 0.6 is 0 Å². The monoisotopic (exact) mass is 233 g/mol. The number of hydrogen-bond acceptors (Lipinski definition) is 4. The van der Waals surface area contributed by atoms with Gasteiger partial charge in [0.2, 0.25) is 0 Å². The van der Waals surface area contributed by atoms with Crippen molar-refractivity contribution >= 4 is 5.69 Å². The lowest BCUT2D eigenvalue weighted by atomic mass is 10.1. The summed E-state index contributed by atoms with van der Waals surface area (Å²) in [7, 11) is 0. The van der Waals surface area contributed by atoms with Gasteiger partial charge in [-0.05, 0) is 25.1 Å². The first-order valence-electron chi connectivity index (χ1n) is 5.02. The quantitative estimate of drug-likeness (QED) is 0.644. The molecule has 0 saturated heterocycles. The number of rotatable bonds is 3. The maximum absolute atomic E-state index is 10.7. The van der Waals surface area contributed by atoms with Crippen LogP contribution in [0.25, 0.3) is 5.69 Å². The highest BCUT2D eigenvalue weighted by molar-refractivity contribution is 5.47. The fraction of sp³-hybridized carbons (Fsp3) is 0.182. The van der Waals surface area contributed by atoms with Gasteiger partial charge in [-0.2, -0.15) is 5.10 Å². The van der Waals surface area contributed by atoms with Gasteiger partial charge in [0.05, 0.1) is 28.5 Å². The molecule has 88 valence electrons. The Morgan fingerprint density at radius 1 is 1.47 bits per heavy atom. The van der Waals surface area contributed by atoms with Crippen molar-refractivity contribution in [1.29, 1.82) is 0 Å². The van der Waals surface area contributed by atoms with Crippen molar-refractivity contribution in [2.45, 2.75) is 13.5 Å².